The molecule has 1 aromatic carbocycles. The molecule has 0 aliphatic heterocycles. The molecule has 96 valence electrons. The van der Waals surface area contributed by atoms with Crippen LogP contribution in [-0.4, -0.2) is 26.8 Å². The van der Waals surface area contributed by atoms with Gasteiger partial charge in [-0.15, -0.1) is 0 Å². The minimum atomic E-state index is 0.702. The summed E-state index contributed by atoms with van der Waals surface area (Å²) < 4.78 is 6.17. The fraction of sp³-hybridized carbons (Fsp3) is 0.571. The number of rotatable bonds is 8. The van der Waals surface area contributed by atoms with Crippen molar-refractivity contribution >= 4 is 15.9 Å². The van der Waals surface area contributed by atoms with Crippen LogP contribution in [0.25, 0.3) is 0 Å². The molecule has 1 aromatic rings. The monoisotopic (exact) mass is 299 g/mol. The molecular formula is C14H22BrNO. The maximum atomic E-state index is 5.02. The Kier molecular flexibility index (Phi) is 7.49. The summed E-state index contributed by atoms with van der Waals surface area (Å²) in [6.45, 7) is 5.04. The second-order valence-electron chi connectivity index (χ2n) is 4.30. The maximum absolute atomic E-state index is 5.02. The van der Waals surface area contributed by atoms with Gasteiger partial charge in [0.1, 0.15) is 0 Å². The van der Waals surface area contributed by atoms with Crippen molar-refractivity contribution in [3.63, 3.8) is 0 Å². The van der Waals surface area contributed by atoms with E-state index in [1.807, 2.05) is 0 Å². The van der Waals surface area contributed by atoms with Crippen molar-refractivity contribution in [2.45, 2.75) is 19.8 Å². The summed E-state index contributed by atoms with van der Waals surface area (Å²) in [4.78, 5) is 0. The summed E-state index contributed by atoms with van der Waals surface area (Å²) >= 11 is 3.46. The molecule has 0 bridgehead atoms. The van der Waals surface area contributed by atoms with Gasteiger partial charge in [0, 0.05) is 18.1 Å². The highest BCUT2D eigenvalue weighted by atomic mass is 79.9. The van der Waals surface area contributed by atoms with Crippen molar-refractivity contribution in [1.29, 1.82) is 0 Å². The van der Waals surface area contributed by atoms with Crippen molar-refractivity contribution in [2.75, 3.05) is 26.8 Å². The number of benzene rings is 1. The van der Waals surface area contributed by atoms with Crippen LogP contribution in [0.2, 0.25) is 0 Å². The molecule has 1 rings (SSSR count). The van der Waals surface area contributed by atoms with Crippen LogP contribution in [0.4, 0.5) is 0 Å². The Hall–Kier alpha value is -0.380. The molecule has 0 saturated carbocycles. The number of halogens is 1. The molecule has 3 heteroatoms. The topological polar surface area (TPSA) is 21.3 Å². The van der Waals surface area contributed by atoms with E-state index in [-0.39, 0.29) is 0 Å². The van der Waals surface area contributed by atoms with E-state index in [0.717, 1.165) is 30.6 Å². The van der Waals surface area contributed by atoms with Crippen LogP contribution in [0.1, 0.15) is 18.9 Å². The molecule has 0 aliphatic carbocycles. The third-order valence-corrected chi connectivity index (χ3v) is 3.46. The number of nitrogens with one attached hydrogen (secondary N) is 1. The third-order valence-electron chi connectivity index (χ3n) is 2.93. The predicted octanol–water partition coefficient (Wildman–Crippen LogP) is 3.25. The first-order chi connectivity index (χ1) is 8.26. The lowest BCUT2D eigenvalue weighted by Crippen LogP contribution is -2.26. The molecule has 2 nitrogen and oxygen atoms in total. The first kappa shape index (κ1) is 14.7. The largest absolute Gasteiger partial charge is 0.383 e. The molecule has 1 atom stereocenters. The molecule has 0 spiro atoms. The molecular weight excluding hydrogens is 278 g/mol. The fourth-order valence-electron chi connectivity index (χ4n) is 1.80. The van der Waals surface area contributed by atoms with Crippen molar-refractivity contribution < 1.29 is 4.74 Å². The van der Waals surface area contributed by atoms with Gasteiger partial charge in [-0.2, -0.15) is 0 Å². The van der Waals surface area contributed by atoms with Gasteiger partial charge in [0.05, 0.1) is 6.61 Å². The Labute approximate surface area is 113 Å². The Morgan fingerprint density at radius 3 is 2.59 bits per heavy atom. The molecule has 0 radical (unpaired) electrons. The zero-order chi connectivity index (χ0) is 12.5. The van der Waals surface area contributed by atoms with Crippen LogP contribution in [0.5, 0.6) is 0 Å². The van der Waals surface area contributed by atoms with Crippen LogP contribution in [0, 0.1) is 5.92 Å². The Bertz CT molecular complexity index is 300. The van der Waals surface area contributed by atoms with Crippen LogP contribution in [0.3, 0.4) is 0 Å². The number of methoxy groups -OCH3 is 1. The fourth-order valence-corrected chi connectivity index (χ4v) is 2.06. The standard InChI is InChI=1S/C14H22BrNO/c1-3-12(11-16-8-9-17-2)10-13-4-6-14(15)7-5-13/h4-7,12,16H,3,8-11H2,1-2H3. The van der Waals surface area contributed by atoms with Crippen LogP contribution < -0.4 is 5.32 Å². The number of ether oxygens (including phenoxy) is 1. The highest BCUT2D eigenvalue weighted by molar-refractivity contribution is 9.10. The molecule has 0 heterocycles. The second kappa shape index (κ2) is 8.67. The third kappa shape index (κ3) is 6.20. The van der Waals surface area contributed by atoms with Gasteiger partial charge in [0.15, 0.2) is 0 Å². The summed E-state index contributed by atoms with van der Waals surface area (Å²) in [7, 11) is 1.74. The van der Waals surface area contributed by atoms with Gasteiger partial charge in [-0.3, -0.25) is 0 Å². The molecule has 1 N–H and O–H groups in total. The molecule has 0 fully saturated rings. The summed E-state index contributed by atoms with van der Waals surface area (Å²) in [6.07, 6.45) is 2.35. The summed E-state index contributed by atoms with van der Waals surface area (Å²) in [5.74, 6) is 0.702. The van der Waals surface area contributed by atoms with Crippen molar-refractivity contribution in [3.05, 3.63) is 34.3 Å². The number of hydrogen-bond donors (Lipinski definition) is 1. The van der Waals surface area contributed by atoms with Gasteiger partial charge in [-0.1, -0.05) is 41.4 Å². The van der Waals surface area contributed by atoms with E-state index in [1.165, 1.54) is 12.0 Å². The van der Waals surface area contributed by atoms with Gasteiger partial charge in [-0.05, 0) is 36.6 Å². The first-order valence-electron chi connectivity index (χ1n) is 6.20. The first-order valence-corrected chi connectivity index (χ1v) is 6.99. The number of hydrogen-bond acceptors (Lipinski definition) is 2. The minimum Gasteiger partial charge on any atom is -0.383 e. The minimum absolute atomic E-state index is 0.702. The van der Waals surface area contributed by atoms with E-state index >= 15 is 0 Å². The Morgan fingerprint density at radius 2 is 2.00 bits per heavy atom. The average Bonchev–Trinajstić information content (AvgIpc) is 2.35. The van der Waals surface area contributed by atoms with Crippen molar-refractivity contribution in [3.8, 4) is 0 Å². The molecule has 1 unspecified atom stereocenters. The van der Waals surface area contributed by atoms with Crippen LogP contribution >= 0.6 is 15.9 Å². The lowest BCUT2D eigenvalue weighted by molar-refractivity contribution is 0.197. The van der Waals surface area contributed by atoms with Gasteiger partial charge >= 0.3 is 0 Å². The zero-order valence-electron chi connectivity index (χ0n) is 10.7. The van der Waals surface area contributed by atoms with E-state index in [0.29, 0.717) is 5.92 Å². The Morgan fingerprint density at radius 1 is 1.29 bits per heavy atom. The summed E-state index contributed by atoms with van der Waals surface area (Å²) in [6, 6.07) is 8.62. The van der Waals surface area contributed by atoms with E-state index < -0.39 is 0 Å². The molecule has 0 aliphatic rings. The quantitative estimate of drug-likeness (QED) is 0.744. The van der Waals surface area contributed by atoms with Crippen LogP contribution in [0.15, 0.2) is 28.7 Å². The highest BCUT2D eigenvalue weighted by Gasteiger charge is 2.06. The van der Waals surface area contributed by atoms with Crippen molar-refractivity contribution in [1.82, 2.24) is 5.32 Å². The Balaban J connectivity index is 2.33. The molecule has 0 aromatic heterocycles. The lowest BCUT2D eigenvalue weighted by Gasteiger charge is -2.15. The van der Waals surface area contributed by atoms with Gasteiger partial charge in [0.2, 0.25) is 0 Å². The highest BCUT2D eigenvalue weighted by Crippen LogP contribution is 2.15. The zero-order valence-corrected chi connectivity index (χ0v) is 12.3. The van der Waals surface area contributed by atoms with E-state index in [9.17, 15) is 0 Å². The van der Waals surface area contributed by atoms with Crippen LogP contribution in [-0.2, 0) is 11.2 Å². The molecule has 0 saturated heterocycles. The molecule has 17 heavy (non-hydrogen) atoms. The van der Waals surface area contributed by atoms with E-state index in [2.05, 4.69) is 52.4 Å². The summed E-state index contributed by atoms with van der Waals surface area (Å²) in [5, 5.41) is 3.43. The van der Waals surface area contributed by atoms with Gasteiger partial charge in [0.25, 0.3) is 0 Å². The van der Waals surface area contributed by atoms with E-state index in [1.54, 1.807) is 7.11 Å². The SMILES string of the molecule is CCC(CNCCOC)Cc1ccc(Br)cc1. The average molecular weight is 300 g/mol. The lowest BCUT2D eigenvalue weighted by atomic mass is 9.97. The normalized spacial score (nSPS) is 12.6. The van der Waals surface area contributed by atoms with Gasteiger partial charge in [-0.25, -0.2) is 0 Å². The van der Waals surface area contributed by atoms with Gasteiger partial charge < -0.3 is 10.1 Å². The van der Waals surface area contributed by atoms with Crippen molar-refractivity contribution in [2.24, 2.45) is 5.92 Å². The maximum Gasteiger partial charge on any atom is 0.0587 e. The predicted molar refractivity (Wildman–Crippen MR) is 76.4 cm³/mol. The van der Waals surface area contributed by atoms with E-state index in [4.69, 9.17) is 4.74 Å². The summed E-state index contributed by atoms with van der Waals surface area (Å²) in [5.41, 5.74) is 1.41. The smallest absolute Gasteiger partial charge is 0.0587 e. The molecule has 0 amide bonds. The second-order valence-corrected chi connectivity index (χ2v) is 5.22.